The van der Waals surface area contributed by atoms with Crippen LogP contribution in [0, 0.1) is 11.8 Å². The van der Waals surface area contributed by atoms with Crippen LogP contribution in [0.3, 0.4) is 0 Å². The molecule has 16 heteroatoms. The Morgan fingerprint density at radius 3 is 1.31 bits per heavy atom. The number of hydrogen-bond donors (Lipinski definition) is 0. The smallest absolute Gasteiger partial charge is 0.344 e. The average Bonchev–Trinajstić information content (AvgIpc) is 3.40. The molecule has 7 nitrogen and oxygen atoms in total. The van der Waals surface area contributed by atoms with Gasteiger partial charge in [0.1, 0.15) is 17.2 Å². The molecule has 0 saturated heterocycles. The molecule has 0 amide bonds. The van der Waals surface area contributed by atoms with E-state index in [1.165, 1.54) is 126 Å². The summed E-state index contributed by atoms with van der Waals surface area (Å²) in [5, 5.41) is 0. The molecule has 0 aliphatic heterocycles. The van der Waals surface area contributed by atoms with Gasteiger partial charge in [0.05, 0.1) is 0 Å². The van der Waals surface area contributed by atoms with Gasteiger partial charge < -0.3 is 14.2 Å². The molecule has 5 aromatic rings. The first-order chi connectivity index (χ1) is 34.7. The van der Waals surface area contributed by atoms with Gasteiger partial charge in [-0.15, -0.1) is 0 Å². The minimum absolute atomic E-state index is 0.0216. The second-order valence-corrected chi connectivity index (χ2v) is 18.1. The quantitative estimate of drug-likeness (QED) is 0.0463. The van der Waals surface area contributed by atoms with Crippen molar-refractivity contribution in [2.24, 2.45) is 11.8 Å². The number of unbranched alkanes of at least 4 members (excludes halogenated alkanes) is 4. The Hall–Kier alpha value is -6.19. The van der Waals surface area contributed by atoms with E-state index in [0.717, 1.165) is 36.3 Å². The summed E-state index contributed by atoms with van der Waals surface area (Å²) in [5.74, 6) is 2.67. The summed E-state index contributed by atoms with van der Waals surface area (Å²) in [6.45, 7) is 6.33. The Labute approximate surface area is 416 Å². The summed E-state index contributed by atoms with van der Waals surface area (Å²) >= 11 is 0. The van der Waals surface area contributed by atoms with Crippen LogP contribution >= 0.6 is 0 Å². The van der Waals surface area contributed by atoms with Gasteiger partial charge in [0.2, 0.25) is 0 Å². The second-order valence-electron chi connectivity index (χ2n) is 18.1. The molecular formula is C56H63F9N4O3. The Kier molecular flexibility index (Phi) is 23.1. The number of nitrogens with zero attached hydrogens (tertiary/aromatic N) is 4. The predicted octanol–water partition coefficient (Wildman–Crippen LogP) is 18.1. The maximum absolute atomic E-state index is 13.1. The van der Waals surface area contributed by atoms with Crippen molar-refractivity contribution in [1.29, 1.82) is 0 Å². The van der Waals surface area contributed by atoms with E-state index in [-0.39, 0.29) is 22.7 Å². The average molecular weight is 1010 g/mol. The van der Waals surface area contributed by atoms with Gasteiger partial charge in [0, 0.05) is 35.9 Å². The largest absolute Gasteiger partial charge is 0.428 e. The molecule has 0 atom stereocenters. The van der Waals surface area contributed by atoms with Crippen LogP contribution in [-0.4, -0.2) is 19.9 Å². The van der Waals surface area contributed by atoms with Crippen LogP contribution in [0.25, 0.3) is 22.8 Å². The van der Waals surface area contributed by atoms with Crippen molar-refractivity contribution in [3.63, 3.8) is 0 Å². The number of benzene rings is 3. The molecule has 2 aromatic heterocycles. The topological polar surface area (TPSA) is 79.2 Å². The Morgan fingerprint density at radius 1 is 0.486 bits per heavy atom. The van der Waals surface area contributed by atoms with Crippen LogP contribution in [0.2, 0.25) is 0 Å². The van der Waals surface area contributed by atoms with Crippen molar-refractivity contribution in [1.82, 2.24) is 19.9 Å². The maximum atomic E-state index is 13.1. The van der Waals surface area contributed by atoms with E-state index in [4.69, 9.17) is 0 Å². The standard InChI is InChI=1S/C27H39F3O.C15H13F3N2O.C14H11F3N2O/c1-2-3-4-5-7-10-21-11-13-22(14-12-21)27(19-8-6-9-20-27)23-15-17-24(18-16-23)31-26(30)25(28)29;1-2-3-10-8-19-15(20-9-10)11-4-6-12(7-5-11)21-14(18)13(16)17;1-2-9-7-18-14(19-8-9)10-3-5-11(6-4-10)20-13(17)12(15)16/h15-18,21-22H,2-14,19-20H2,1H3;4-9H,2-3H2,1H3;3-8H,2H2,1H3. The zero-order valence-corrected chi connectivity index (χ0v) is 41.0. The van der Waals surface area contributed by atoms with E-state index in [1.54, 1.807) is 61.2 Å². The van der Waals surface area contributed by atoms with Gasteiger partial charge in [0.25, 0.3) is 0 Å². The molecule has 2 saturated carbocycles. The van der Waals surface area contributed by atoms with Crippen molar-refractivity contribution in [2.45, 2.75) is 142 Å². The predicted molar refractivity (Wildman–Crippen MR) is 261 cm³/mol. The van der Waals surface area contributed by atoms with E-state index < -0.39 is 36.3 Å². The maximum Gasteiger partial charge on any atom is 0.344 e. The summed E-state index contributed by atoms with van der Waals surface area (Å²) in [6, 6.07) is 13.4. The highest BCUT2D eigenvalue weighted by molar-refractivity contribution is 5.57. The minimum Gasteiger partial charge on any atom is -0.428 e. The van der Waals surface area contributed by atoms with E-state index in [0.29, 0.717) is 28.7 Å². The molecule has 2 aliphatic rings. The Bertz CT molecular complexity index is 2460. The van der Waals surface area contributed by atoms with Gasteiger partial charge in [-0.05, 0) is 133 Å². The molecule has 72 heavy (non-hydrogen) atoms. The molecule has 3 aromatic carbocycles. The molecule has 0 N–H and O–H groups in total. The van der Waals surface area contributed by atoms with Crippen molar-refractivity contribution in [3.05, 3.63) is 151 Å². The fourth-order valence-corrected chi connectivity index (χ4v) is 9.39. The molecular weight excluding hydrogens is 948 g/mol. The van der Waals surface area contributed by atoms with Gasteiger partial charge >= 0.3 is 36.3 Å². The number of rotatable bonds is 19. The Balaban J connectivity index is 0.000000208. The van der Waals surface area contributed by atoms with Crippen LogP contribution in [-0.2, 0) is 18.3 Å². The summed E-state index contributed by atoms with van der Waals surface area (Å²) in [5.41, 5.74) is 4.90. The van der Waals surface area contributed by atoms with Crippen LogP contribution in [0.5, 0.6) is 17.2 Å². The lowest BCUT2D eigenvalue weighted by atomic mass is 9.57. The second kappa shape index (κ2) is 29.4. The van der Waals surface area contributed by atoms with Gasteiger partial charge in [-0.2, -0.15) is 39.5 Å². The third-order valence-electron chi connectivity index (χ3n) is 13.2. The number of halogens is 9. The SMILES string of the molecule is CCCCCCCC1CCC(C2(c3ccc(OC(F)=C(F)F)cc3)CCCCC2)CC1.CCCc1cnc(-c2ccc(OC(F)=C(F)F)cc2)nc1.CCc1cnc(-c2ccc(OC(F)=C(F)F)cc2)nc1. The summed E-state index contributed by atoms with van der Waals surface area (Å²) in [4.78, 5) is 16.8. The fourth-order valence-electron chi connectivity index (χ4n) is 9.39. The van der Waals surface area contributed by atoms with Crippen molar-refractivity contribution < 1.29 is 53.7 Å². The lowest BCUT2D eigenvalue weighted by Crippen LogP contribution is -2.39. The van der Waals surface area contributed by atoms with Crippen molar-refractivity contribution >= 4 is 0 Å². The van der Waals surface area contributed by atoms with Gasteiger partial charge in [-0.1, -0.05) is 110 Å². The van der Waals surface area contributed by atoms with Crippen molar-refractivity contribution in [2.75, 3.05) is 0 Å². The van der Waals surface area contributed by atoms with E-state index in [1.807, 2.05) is 19.1 Å². The molecule has 0 spiro atoms. The third kappa shape index (κ3) is 17.5. The van der Waals surface area contributed by atoms with Crippen LogP contribution in [0.4, 0.5) is 39.5 Å². The lowest BCUT2D eigenvalue weighted by Gasteiger charge is -2.47. The normalized spacial score (nSPS) is 15.9. The zero-order valence-electron chi connectivity index (χ0n) is 41.0. The summed E-state index contributed by atoms with van der Waals surface area (Å²) < 4.78 is 124. The third-order valence-corrected chi connectivity index (χ3v) is 13.2. The minimum atomic E-state index is -2.49. The molecule has 7 rings (SSSR count). The molecule has 2 aliphatic carbocycles. The number of hydrogen-bond acceptors (Lipinski definition) is 7. The lowest BCUT2D eigenvalue weighted by molar-refractivity contribution is 0.124. The first kappa shape index (κ1) is 56.7. The monoisotopic (exact) mass is 1010 g/mol. The van der Waals surface area contributed by atoms with Gasteiger partial charge in [-0.25, -0.2) is 19.9 Å². The molecule has 0 unspecified atom stereocenters. The summed E-state index contributed by atoms with van der Waals surface area (Å²) in [6.07, 6.45) is 22.0. The van der Waals surface area contributed by atoms with Gasteiger partial charge in [-0.3, -0.25) is 0 Å². The first-order valence-electron chi connectivity index (χ1n) is 24.8. The van der Waals surface area contributed by atoms with Crippen LogP contribution in [0.1, 0.15) is 140 Å². The molecule has 2 fully saturated rings. The van der Waals surface area contributed by atoms with Crippen molar-refractivity contribution in [3.8, 4) is 40.0 Å². The van der Waals surface area contributed by atoms with E-state index in [2.05, 4.69) is 48.0 Å². The molecule has 2 heterocycles. The van der Waals surface area contributed by atoms with Crippen LogP contribution < -0.4 is 14.2 Å². The highest BCUT2D eigenvalue weighted by Gasteiger charge is 2.42. The molecule has 0 radical (unpaired) electrons. The van der Waals surface area contributed by atoms with E-state index >= 15 is 0 Å². The van der Waals surface area contributed by atoms with Crippen LogP contribution in [0.15, 0.2) is 134 Å². The highest BCUT2D eigenvalue weighted by atomic mass is 19.3. The number of ether oxygens (including phenoxy) is 3. The molecule has 388 valence electrons. The molecule has 0 bridgehead atoms. The van der Waals surface area contributed by atoms with E-state index in [9.17, 15) is 39.5 Å². The van der Waals surface area contributed by atoms with Gasteiger partial charge in [0.15, 0.2) is 11.6 Å². The number of aromatic nitrogens is 4. The fraction of sp³-hybridized carbons (Fsp3) is 0.429. The summed E-state index contributed by atoms with van der Waals surface area (Å²) in [7, 11) is 0. The Morgan fingerprint density at radius 2 is 0.903 bits per heavy atom. The zero-order chi connectivity index (χ0) is 51.9. The first-order valence-corrected chi connectivity index (χ1v) is 24.8. The highest BCUT2D eigenvalue weighted by Crippen LogP contribution is 2.51. The number of aryl methyl sites for hydroxylation is 2.